The number of hydrogen-bond acceptors (Lipinski definition) is 12. The largest absolute Gasteiger partial charge is 0.504 e. The lowest BCUT2D eigenvalue weighted by Crippen LogP contribution is -2.53. The van der Waals surface area contributed by atoms with Gasteiger partial charge in [-0.05, 0) is 47.5 Å². The second kappa shape index (κ2) is 14.2. The number of rotatable bonds is 13. The number of carboxylic acids is 2. The topological polar surface area (TPSA) is 227 Å². The molecule has 2 rings (SSSR count). The molecular formula is C26H26O14. The first-order chi connectivity index (χ1) is 18.9. The Morgan fingerprint density at radius 3 is 1.57 bits per heavy atom. The molecule has 0 aliphatic carbocycles. The Morgan fingerprint density at radius 2 is 1.18 bits per heavy atom. The number of phenolic OH excluding ortho intramolecular Hbond substituents is 2. The van der Waals surface area contributed by atoms with Gasteiger partial charge in [0.15, 0.2) is 35.2 Å². The van der Waals surface area contributed by atoms with E-state index in [1.165, 1.54) is 62.8 Å². The summed E-state index contributed by atoms with van der Waals surface area (Å²) in [7, 11) is 2.59. The van der Waals surface area contributed by atoms with E-state index in [4.69, 9.17) is 18.9 Å². The molecule has 0 spiro atoms. The molecule has 214 valence electrons. The number of hydrogen-bond donors (Lipinski definition) is 6. The van der Waals surface area contributed by atoms with Crippen LogP contribution in [0.2, 0.25) is 0 Å². The monoisotopic (exact) mass is 562 g/mol. The molecule has 0 heterocycles. The zero-order valence-corrected chi connectivity index (χ0v) is 21.0. The number of benzene rings is 2. The number of esters is 2. The number of aliphatic carboxylic acids is 2. The summed E-state index contributed by atoms with van der Waals surface area (Å²) < 4.78 is 19.4. The molecule has 0 aliphatic heterocycles. The van der Waals surface area contributed by atoms with E-state index in [1.807, 2.05) is 0 Å². The molecule has 14 nitrogen and oxygen atoms in total. The Bertz CT molecular complexity index is 1300. The van der Waals surface area contributed by atoms with Crippen molar-refractivity contribution in [3.05, 3.63) is 59.7 Å². The average molecular weight is 562 g/mol. The standard InChI is InChI=1S/C26H26O14/c1-37-17-11-13(3-7-15(17)27)5-9-19(29)39-23(22(32)25(33)34)21(31)24(26(35)36)40-20(30)10-6-14-4-8-16(28)18(12-14)38-2/h3-12,21-24,27-28,31-32H,1-2H3,(H,33,34)(H,35,36)/t21-,22-,23-,24+/m0/s1. The first kappa shape index (κ1) is 31.1. The number of aromatic hydroxyl groups is 2. The van der Waals surface area contributed by atoms with Crippen molar-refractivity contribution in [2.24, 2.45) is 0 Å². The van der Waals surface area contributed by atoms with E-state index in [0.29, 0.717) is 11.1 Å². The second-order valence-electron chi connectivity index (χ2n) is 7.90. The fourth-order valence-corrected chi connectivity index (χ4v) is 3.16. The predicted molar refractivity (Wildman–Crippen MR) is 134 cm³/mol. The number of ether oxygens (including phenoxy) is 4. The quantitative estimate of drug-likeness (QED) is 0.145. The highest BCUT2D eigenvalue weighted by atomic mass is 16.6. The van der Waals surface area contributed by atoms with Gasteiger partial charge >= 0.3 is 23.9 Å². The van der Waals surface area contributed by atoms with Crippen LogP contribution in [0.3, 0.4) is 0 Å². The summed E-state index contributed by atoms with van der Waals surface area (Å²) in [5, 5.41) is 58.4. The maximum Gasteiger partial charge on any atom is 0.347 e. The van der Waals surface area contributed by atoms with Gasteiger partial charge in [-0.25, -0.2) is 19.2 Å². The van der Waals surface area contributed by atoms with Crippen molar-refractivity contribution >= 4 is 36.0 Å². The lowest BCUT2D eigenvalue weighted by Gasteiger charge is -2.28. The van der Waals surface area contributed by atoms with Crippen LogP contribution in [-0.4, -0.2) is 93.2 Å². The molecule has 0 amide bonds. The number of methoxy groups -OCH3 is 2. The molecule has 0 saturated heterocycles. The van der Waals surface area contributed by atoms with Gasteiger partial charge in [-0.2, -0.15) is 0 Å². The third-order valence-corrected chi connectivity index (χ3v) is 5.18. The lowest BCUT2D eigenvalue weighted by molar-refractivity contribution is -0.190. The number of carbonyl (C=O) groups is 4. The van der Waals surface area contributed by atoms with Crippen LogP contribution in [-0.2, 0) is 28.7 Å². The van der Waals surface area contributed by atoms with Gasteiger partial charge in [-0.15, -0.1) is 0 Å². The number of carboxylic acid groups (broad SMARTS) is 2. The number of aliphatic hydroxyl groups is 2. The van der Waals surface area contributed by atoms with Crippen LogP contribution in [0, 0.1) is 0 Å². The maximum atomic E-state index is 12.3. The fraction of sp³-hybridized carbons (Fsp3) is 0.231. The van der Waals surface area contributed by atoms with E-state index in [2.05, 4.69) is 0 Å². The minimum absolute atomic E-state index is 0.0785. The van der Waals surface area contributed by atoms with Crippen molar-refractivity contribution in [3.63, 3.8) is 0 Å². The highest BCUT2D eigenvalue weighted by Crippen LogP contribution is 2.27. The van der Waals surface area contributed by atoms with E-state index < -0.39 is 48.3 Å². The van der Waals surface area contributed by atoms with Crippen LogP contribution in [0.5, 0.6) is 23.0 Å². The Hall–Kier alpha value is -5.08. The van der Waals surface area contributed by atoms with Gasteiger partial charge in [0, 0.05) is 12.2 Å². The first-order valence-corrected chi connectivity index (χ1v) is 11.2. The van der Waals surface area contributed by atoms with E-state index in [-0.39, 0.29) is 23.0 Å². The molecule has 0 unspecified atom stereocenters. The summed E-state index contributed by atoms with van der Waals surface area (Å²) in [6, 6.07) is 8.02. The molecule has 0 saturated carbocycles. The fourth-order valence-electron chi connectivity index (χ4n) is 3.16. The summed E-state index contributed by atoms with van der Waals surface area (Å²) in [6.07, 6.45) is -6.11. The number of carbonyl (C=O) groups excluding carboxylic acids is 2. The van der Waals surface area contributed by atoms with Gasteiger partial charge in [0.2, 0.25) is 6.10 Å². The third-order valence-electron chi connectivity index (χ3n) is 5.18. The molecule has 0 fully saturated rings. The average Bonchev–Trinajstić information content (AvgIpc) is 2.92. The minimum atomic E-state index is -2.61. The smallest absolute Gasteiger partial charge is 0.347 e. The van der Waals surface area contributed by atoms with Crippen molar-refractivity contribution < 1.29 is 68.8 Å². The van der Waals surface area contributed by atoms with E-state index in [1.54, 1.807) is 0 Å². The van der Waals surface area contributed by atoms with Gasteiger partial charge in [0.1, 0.15) is 6.10 Å². The normalized spacial score (nSPS) is 14.2. The van der Waals surface area contributed by atoms with E-state index >= 15 is 0 Å². The zero-order chi connectivity index (χ0) is 30.0. The Morgan fingerprint density at radius 1 is 0.725 bits per heavy atom. The third kappa shape index (κ3) is 8.47. The molecule has 2 aromatic carbocycles. The van der Waals surface area contributed by atoms with E-state index in [0.717, 1.165) is 12.2 Å². The Balaban J connectivity index is 2.21. The first-order valence-electron chi connectivity index (χ1n) is 11.2. The second-order valence-corrected chi connectivity index (χ2v) is 7.90. The zero-order valence-electron chi connectivity index (χ0n) is 21.0. The van der Waals surface area contributed by atoms with Crippen LogP contribution in [0.25, 0.3) is 12.2 Å². The van der Waals surface area contributed by atoms with Gasteiger partial charge in [-0.3, -0.25) is 0 Å². The molecular weight excluding hydrogens is 536 g/mol. The molecule has 14 heteroatoms. The summed E-state index contributed by atoms with van der Waals surface area (Å²) in [5.74, 6) is -6.70. The molecule has 40 heavy (non-hydrogen) atoms. The van der Waals surface area contributed by atoms with Crippen LogP contribution in [0.1, 0.15) is 11.1 Å². The van der Waals surface area contributed by atoms with Crippen LogP contribution >= 0.6 is 0 Å². The summed E-state index contributed by atoms with van der Waals surface area (Å²) in [4.78, 5) is 47.7. The highest BCUT2D eigenvalue weighted by Gasteiger charge is 2.44. The van der Waals surface area contributed by atoms with Gasteiger partial charge in [0.25, 0.3) is 0 Å². The molecule has 0 radical (unpaired) electrons. The Kier molecular flexibility index (Phi) is 11.0. The number of aliphatic hydroxyl groups excluding tert-OH is 2. The molecule has 0 bridgehead atoms. The minimum Gasteiger partial charge on any atom is -0.504 e. The van der Waals surface area contributed by atoms with Crippen LogP contribution < -0.4 is 9.47 Å². The van der Waals surface area contributed by atoms with Crippen molar-refractivity contribution in [3.8, 4) is 23.0 Å². The van der Waals surface area contributed by atoms with Crippen molar-refractivity contribution in [1.82, 2.24) is 0 Å². The summed E-state index contributed by atoms with van der Waals surface area (Å²) in [5.41, 5.74) is 0.669. The van der Waals surface area contributed by atoms with Crippen molar-refractivity contribution in [2.75, 3.05) is 14.2 Å². The maximum absolute atomic E-state index is 12.3. The van der Waals surface area contributed by atoms with Gasteiger partial charge < -0.3 is 49.6 Å². The summed E-state index contributed by atoms with van der Waals surface area (Å²) >= 11 is 0. The van der Waals surface area contributed by atoms with Crippen LogP contribution in [0.15, 0.2) is 48.6 Å². The highest BCUT2D eigenvalue weighted by molar-refractivity contribution is 5.90. The van der Waals surface area contributed by atoms with Crippen molar-refractivity contribution in [2.45, 2.75) is 24.4 Å². The predicted octanol–water partition coefficient (Wildman–Crippen LogP) is 0.556. The Labute approximate surface area is 226 Å². The SMILES string of the molecule is COc1cc(C=CC(=O)O[C@@H]([C@H](O)[C@@H](OC(=O)C=Cc2ccc(O)c(OC)c2)C(=O)O)[C@H](O)C(=O)O)ccc1O. The number of phenols is 2. The molecule has 2 aromatic rings. The lowest BCUT2D eigenvalue weighted by atomic mass is 10.0. The summed E-state index contributed by atoms with van der Waals surface area (Å²) in [6.45, 7) is 0. The molecule has 0 aliphatic rings. The molecule has 6 N–H and O–H groups in total. The van der Waals surface area contributed by atoms with Gasteiger partial charge in [-0.1, -0.05) is 12.1 Å². The van der Waals surface area contributed by atoms with Crippen LogP contribution in [0.4, 0.5) is 0 Å². The van der Waals surface area contributed by atoms with E-state index in [9.17, 15) is 49.8 Å². The molecule has 4 atom stereocenters. The molecule has 0 aromatic heterocycles. The van der Waals surface area contributed by atoms with Gasteiger partial charge in [0.05, 0.1) is 14.2 Å². The van der Waals surface area contributed by atoms with Crippen molar-refractivity contribution in [1.29, 1.82) is 0 Å².